The number of anilines is 1. The SMILES string of the molecule is COc1cccc(NC(=O)CC2CSc3nccc(=O)n32)c1. The number of hydrogen-bond acceptors (Lipinski definition) is 5. The third kappa shape index (κ3) is 2.99. The topological polar surface area (TPSA) is 73.2 Å². The van der Waals surface area contributed by atoms with Crippen molar-refractivity contribution in [1.29, 1.82) is 0 Å². The van der Waals surface area contributed by atoms with Crippen molar-refractivity contribution in [2.24, 2.45) is 0 Å². The van der Waals surface area contributed by atoms with Crippen molar-refractivity contribution < 1.29 is 9.53 Å². The molecule has 1 aromatic heterocycles. The summed E-state index contributed by atoms with van der Waals surface area (Å²) < 4.78 is 6.72. The van der Waals surface area contributed by atoms with Gasteiger partial charge in [0.25, 0.3) is 5.56 Å². The second-order valence-electron chi connectivity index (χ2n) is 4.88. The van der Waals surface area contributed by atoms with E-state index in [4.69, 9.17) is 4.74 Å². The van der Waals surface area contributed by atoms with Crippen molar-refractivity contribution in [3.63, 3.8) is 0 Å². The smallest absolute Gasteiger partial charge is 0.254 e. The molecular weight excluding hydrogens is 302 g/mol. The van der Waals surface area contributed by atoms with Gasteiger partial charge in [0.1, 0.15) is 5.75 Å². The van der Waals surface area contributed by atoms with E-state index in [1.165, 1.54) is 24.0 Å². The fourth-order valence-electron chi connectivity index (χ4n) is 2.37. The molecule has 0 radical (unpaired) electrons. The number of hydrogen-bond donors (Lipinski definition) is 1. The fourth-order valence-corrected chi connectivity index (χ4v) is 3.49. The summed E-state index contributed by atoms with van der Waals surface area (Å²) in [6.07, 6.45) is 1.74. The summed E-state index contributed by atoms with van der Waals surface area (Å²) in [4.78, 5) is 28.3. The zero-order valence-corrected chi connectivity index (χ0v) is 12.8. The number of nitrogens with one attached hydrogen (secondary N) is 1. The van der Waals surface area contributed by atoms with Crippen LogP contribution < -0.4 is 15.6 Å². The van der Waals surface area contributed by atoms with Crippen LogP contribution in [-0.2, 0) is 4.79 Å². The summed E-state index contributed by atoms with van der Waals surface area (Å²) in [5, 5.41) is 3.50. The molecule has 22 heavy (non-hydrogen) atoms. The Labute approximate surface area is 131 Å². The summed E-state index contributed by atoms with van der Waals surface area (Å²) in [5.74, 6) is 1.22. The van der Waals surface area contributed by atoms with Gasteiger partial charge in [0, 0.05) is 36.2 Å². The van der Waals surface area contributed by atoms with Crippen molar-refractivity contribution in [3.05, 3.63) is 46.9 Å². The van der Waals surface area contributed by atoms with Crippen molar-refractivity contribution in [3.8, 4) is 5.75 Å². The highest BCUT2D eigenvalue weighted by molar-refractivity contribution is 7.99. The molecule has 1 aliphatic heterocycles. The van der Waals surface area contributed by atoms with Crippen LogP contribution in [0.3, 0.4) is 0 Å². The Balaban J connectivity index is 1.70. The Kier molecular flexibility index (Phi) is 4.15. The number of nitrogens with zero attached hydrogens (tertiary/aromatic N) is 2. The molecule has 0 saturated carbocycles. The van der Waals surface area contributed by atoms with Gasteiger partial charge in [-0.15, -0.1) is 0 Å². The Morgan fingerprint density at radius 1 is 1.50 bits per heavy atom. The number of amides is 1. The highest BCUT2D eigenvalue weighted by Crippen LogP contribution is 2.31. The average Bonchev–Trinajstić information content (AvgIpc) is 2.91. The first-order valence-electron chi connectivity index (χ1n) is 6.81. The van der Waals surface area contributed by atoms with Crippen LogP contribution in [-0.4, -0.2) is 28.3 Å². The molecule has 0 bridgehead atoms. The summed E-state index contributed by atoms with van der Waals surface area (Å²) in [7, 11) is 1.58. The summed E-state index contributed by atoms with van der Waals surface area (Å²) >= 11 is 1.50. The number of rotatable bonds is 4. The van der Waals surface area contributed by atoms with Gasteiger partial charge in [-0.1, -0.05) is 17.8 Å². The molecule has 2 aromatic rings. The lowest BCUT2D eigenvalue weighted by Gasteiger charge is -2.13. The monoisotopic (exact) mass is 317 g/mol. The van der Waals surface area contributed by atoms with E-state index in [1.807, 2.05) is 12.1 Å². The molecule has 0 aliphatic carbocycles. The number of ether oxygens (including phenoxy) is 1. The van der Waals surface area contributed by atoms with Crippen LogP contribution in [0.5, 0.6) is 5.75 Å². The molecule has 1 unspecified atom stereocenters. The lowest BCUT2D eigenvalue weighted by Crippen LogP contribution is -2.26. The van der Waals surface area contributed by atoms with Crippen LogP contribution in [0, 0.1) is 0 Å². The van der Waals surface area contributed by atoms with Crippen LogP contribution in [0.25, 0.3) is 0 Å². The third-order valence-electron chi connectivity index (χ3n) is 3.39. The zero-order valence-electron chi connectivity index (χ0n) is 12.0. The van der Waals surface area contributed by atoms with Gasteiger partial charge < -0.3 is 10.1 Å². The maximum absolute atomic E-state index is 12.2. The third-order valence-corrected chi connectivity index (χ3v) is 4.50. The van der Waals surface area contributed by atoms with Crippen LogP contribution in [0.2, 0.25) is 0 Å². The van der Waals surface area contributed by atoms with E-state index < -0.39 is 0 Å². The molecule has 1 aromatic carbocycles. The Bertz CT molecular complexity index is 760. The van der Waals surface area contributed by atoms with Crippen molar-refractivity contribution >= 4 is 23.4 Å². The van der Waals surface area contributed by atoms with E-state index in [9.17, 15) is 9.59 Å². The van der Waals surface area contributed by atoms with Gasteiger partial charge in [0.05, 0.1) is 13.2 Å². The predicted octanol–water partition coefficient (Wildman–Crippen LogP) is 1.93. The molecule has 114 valence electrons. The zero-order chi connectivity index (χ0) is 15.5. The number of fused-ring (bicyclic) bond motifs is 1. The van der Waals surface area contributed by atoms with E-state index in [2.05, 4.69) is 10.3 Å². The van der Waals surface area contributed by atoms with Crippen molar-refractivity contribution in [1.82, 2.24) is 9.55 Å². The minimum atomic E-state index is -0.160. The lowest BCUT2D eigenvalue weighted by molar-refractivity contribution is -0.116. The van der Waals surface area contributed by atoms with Crippen LogP contribution in [0.15, 0.2) is 46.5 Å². The largest absolute Gasteiger partial charge is 0.497 e. The van der Waals surface area contributed by atoms with Crippen LogP contribution in [0.4, 0.5) is 5.69 Å². The molecule has 0 fully saturated rings. The predicted molar refractivity (Wildman–Crippen MR) is 84.5 cm³/mol. The van der Waals surface area contributed by atoms with Gasteiger partial charge in [-0.2, -0.15) is 0 Å². The Morgan fingerprint density at radius 3 is 3.18 bits per heavy atom. The van der Waals surface area contributed by atoms with E-state index in [0.717, 1.165) is 0 Å². The van der Waals surface area contributed by atoms with E-state index in [0.29, 0.717) is 22.3 Å². The fraction of sp³-hybridized carbons (Fsp3) is 0.267. The van der Waals surface area contributed by atoms with Crippen LogP contribution >= 0.6 is 11.8 Å². The lowest BCUT2D eigenvalue weighted by atomic mass is 10.2. The number of methoxy groups -OCH3 is 1. The quantitative estimate of drug-likeness (QED) is 0.872. The van der Waals surface area contributed by atoms with E-state index in [-0.39, 0.29) is 23.9 Å². The normalized spacial score (nSPS) is 16.1. The molecule has 1 amide bonds. The van der Waals surface area contributed by atoms with Gasteiger partial charge in [0.15, 0.2) is 5.16 Å². The second kappa shape index (κ2) is 6.23. The number of carbonyl (C=O) groups excluding carboxylic acids is 1. The molecule has 6 nitrogen and oxygen atoms in total. The first-order chi connectivity index (χ1) is 10.7. The number of thioether (sulfide) groups is 1. The van der Waals surface area contributed by atoms with E-state index in [1.54, 1.807) is 23.8 Å². The maximum atomic E-state index is 12.2. The molecule has 1 N–H and O–H groups in total. The Hall–Kier alpha value is -2.28. The summed E-state index contributed by atoms with van der Waals surface area (Å²) in [6.45, 7) is 0. The van der Waals surface area contributed by atoms with Gasteiger partial charge in [-0.25, -0.2) is 4.98 Å². The molecule has 0 saturated heterocycles. The second-order valence-corrected chi connectivity index (χ2v) is 5.87. The molecule has 3 rings (SSSR count). The summed E-state index contributed by atoms with van der Waals surface area (Å²) in [5.41, 5.74) is 0.558. The molecule has 0 spiro atoms. The number of aromatic nitrogens is 2. The standard InChI is InChI=1S/C15H15N3O3S/c1-21-12-4-2-3-10(7-12)17-13(19)8-11-9-22-15-16-6-5-14(20)18(11)15/h2-7,11H,8-9H2,1H3,(H,17,19). The molecular formula is C15H15N3O3S. The first-order valence-corrected chi connectivity index (χ1v) is 7.80. The highest BCUT2D eigenvalue weighted by atomic mass is 32.2. The van der Waals surface area contributed by atoms with Crippen LogP contribution in [0.1, 0.15) is 12.5 Å². The molecule has 7 heteroatoms. The Morgan fingerprint density at radius 2 is 2.36 bits per heavy atom. The minimum Gasteiger partial charge on any atom is -0.497 e. The highest BCUT2D eigenvalue weighted by Gasteiger charge is 2.26. The van der Waals surface area contributed by atoms with Gasteiger partial charge >= 0.3 is 0 Å². The maximum Gasteiger partial charge on any atom is 0.254 e. The summed E-state index contributed by atoms with van der Waals surface area (Å²) in [6, 6.07) is 8.43. The average molecular weight is 317 g/mol. The molecule has 1 aliphatic rings. The van der Waals surface area contributed by atoms with Gasteiger partial charge in [0.2, 0.25) is 5.91 Å². The number of benzene rings is 1. The van der Waals surface area contributed by atoms with Crippen molar-refractivity contribution in [2.45, 2.75) is 17.6 Å². The van der Waals surface area contributed by atoms with E-state index >= 15 is 0 Å². The van der Waals surface area contributed by atoms with Gasteiger partial charge in [-0.3, -0.25) is 14.2 Å². The molecule has 2 heterocycles. The first kappa shape index (κ1) is 14.6. The number of carbonyl (C=O) groups is 1. The van der Waals surface area contributed by atoms with Gasteiger partial charge in [-0.05, 0) is 12.1 Å². The van der Waals surface area contributed by atoms with Crippen molar-refractivity contribution in [2.75, 3.05) is 18.2 Å². The minimum absolute atomic E-state index is 0.116. The molecule has 1 atom stereocenters.